The maximum Gasteiger partial charge on any atom is 0.237 e. The van der Waals surface area contributed by atoms with Gasteiger partial charge in [0.05, 0.1) is 6.04 Å². The predicted molar refractivity (Wildman–Crippen MR) is 74.3 cm³/mol. The zero-order chi connectivity index (χ0) is 13.1. The van der Waals surface area contributed by atoms with Crippen molar-refractivity contribution in [1.29, 1.82) is 0 Å². The van der Waals surface area contributed by atoms with Crippen molar-refractivity contribution in [3.63, 3.8) is 0 Å². The Labute approximate surface area is 111 Å². The fourth-order valence-corrected chi connectivity index (χ4v) is 2.97. The molecule has 0 aromatic carbocycles. The van der Waals surface area contributed by atoms with E-state index in [0.717, 1.165) is 24.7 Å². The Morgan fingerprint density at radius 3 is 2.39 bits per heavy atom. The van der Waals surface area contributed by atoms with Crippen LogP contribution in [0.3, 0.4) is 0 Å². The van der Waals surface area contributed by atoms with Crippen molar-refractivity contribution in [2.75, 3.05) is 0 Å². The maximum absolute atomic E-state index is 11.9. The molecule has 0 saturated heterocycles. The van der Waals surface area contributed by atoms with Crippen molar-refractivity contribution in [2.24, 2.45) is 11.8 Å². The van der Waals surface area contributed by atoms with Crippen LogP contribution in [0, 0.1) is 11.8 Å². The van der Waals surface area contributed by atoms with Crippen molar-refractivity contribution in [2.45, 2.75) is 77.4 Å². The number of nitrogens with one attached hydrogen (secondary N) is 2. The molecule has 0 bridgehead atoms. The molecule has 18 heavy (non-hydrogen) atoms. The average molecular weight is 252 g/mol. The van der Waals surface area contributed by atoms with Gasteiger partial charge in [-0.2, -0.15) is 0 Å². The van der Waals surface area contributed by atoms with E-state index in [9.17, 15) is 4.79 Å². The highest BCUT2D eigenvalue weighted by molar-refractivity contribution is 5.81. The normalized spacial score (nSPS) is 30.2. The van der Waals surface area contributed by atoms with Gasteiger partial charge in [-0.05, 0) is 44.4 Å². The minimum Gasteiger partial charge on any atom is -0.352 e. The summed E-state index contributed by atoms with van der Waals surface area (Å²) >= 11 is 0. The molecule has 3 heteroatoms. The Bertz CT molecular complexity index is 286. The smallest absolute Gasteiger partial charge is 0.237 e. The van der Waals surface area contributed by atoms with Crippen molar-refractivity contribution in [3.05, 3.63) is 0 Å². The molecule has 2 N–H and O–H groups in total. The van der Waals surface area contributed by atoms with E-state index >= 15 is 0 Å². The molecule has 0 aromatic rings. The summed E-state index contributed by atoms with van der Waals surface area (Å²) in [4.78, 5) is 11.9. The van der Waals surface area contributed by atoms with Crippen molar-refractivity contribution in [1.82, 2.24) is 10.6 Å². The summed E-state index contributed by atoms with van der Waals surface area (Å²) in [6.45, 7) is 6.63. The molecule has 1 amide bonds. The quantitative estimate of drug-likeness (QED) is 0.789. The predicted octanol–water partition coefficient (Wildman–Crippen LogP) is 2.46. The average Bonchev–Trinajstić information content (AvgIpc) is 3.13. The van der Waals surface area contributed by atoms with Crippen LogP contribution < -0.4 is 10.6 Å². The third-order valence-electron chi connectivity index (χ3n) is 4.46. The Morgan fingerprint density at radius 2 is 1.78 bits per heavy atom. The molecular formula is C15H28N2O. The summed E-state index contributed by atoms with van der Waals surface area (Å²) < 4.78 is 0. The molecule has 0 aromatic heterocycles. The molecule has 0 radical (unpaired) electrons. The van der Waals surface area contributed by atoms with E-state index in [1.807, 2.05) is 6.92 Å². The van der Waals surface area contributed by atoms with Crippen LogP contribution in [0.1, 0.15) is 59.3 Å². The van der Waals surface area contributed by atoms with Crippen LogP contribution in [0.25, 0.3) is 0 Å². The summed E-state index contributed by atoms with van der Waals surface area (Å²) in [5, 5.41) is 6.60. The summed E-state index contributed by atoms with van der Waals surface area (Å²) in [5.41, 5.74) is 0. The second-order valence-electron chi connectivity index (χ2n) is 6.54. The lowest BCUT2D eigenvalue weighted by Crippen LogP contribution is -2.48. The van der Waals surface area contributed by atoms with Gasteiger partial charge >= 0.3 is 0 Å². The van der Waals surface area contributed by atoms with Crippen LogP contribution >= 0.6 is 0 Å². The summed E-state index contributed by atoms with van der Waals surface area (Å²) in [6, 6.07) is 0.962. The number of hydrogen-bond acceptors (Lipinski definition) is 2. The number of carbonyl (C=O) groups excluding carboxylic acids is 1. The highest BCUT2D eigenvalue weighted by Gasteiger charge is 2.29. The summed E-state index contributed by atoms with van der Waals surface area (Å²) in [5.74, 6) is 1.78. The number of hydrogen-bond donors (Lipinski definition) is 2. The van der Waals surface area contributed by atoms with E-state index in [1.54, 1.807) is 0 Å². The minimum absolute atomic E-state index is 0.0403. The molecule has 0 aliphatic heterocycles. The van der Waals surface area contributed by atoms with Crippen LogP contribution in [0.2, 0.25) is 0 Å². The van der Waals surface area contributed by atoms with E-state index in [0.29, 0.717) is 12.1 Å². The van der Waals surface area contributed by atoms with Gasteiger partial charge in [0.25, 0.3) is 0 Å². The fraction of sp³-hybridized carbons (Fsp3) is 0.933. The molecule has 0 heterocycles. The van der Waals surface area contributed by atoms with Crippen LogP contribution in [-0.2, 0) is 4.79 Å². The standard InChI is InChI=1S/C15H28N2O/c1-10(2)12-5-4-6-14(9-12)16-11(3)15(18)17-13-7-8-13/h10-14,16H,4-9H2,1-3H3,(H,17,18). The molecule has 3 nitrogen and oxygen atoms in total. The van der Waals surface area contributed by atoms with E-state index in [1.165, 1.54) is 25.7 Å². The van der Waals surface area contributed by atoms with Gasteiger partial charge in [-0.25, -0.2) is 0 Å². The molecule has 3 unspecified atom stereocenters. The second-order valence-corrected chi connectivity index (χ2v) is 6.54. The summed E-state index contributed by atoms with van der Waals surface area (Å²) in [6.07, 6.45) is 7.45. The van der Waals surface area contributed by atoms with Crippen LogP contribution in [0.5, 0.6) is 0 Å². The van der Waals surface area contributed by atoms with Crippen LogP contribution in [0.4, 0.5) is 0 Å². The molecule has 2 saturated carbocycles. The molecule has 2 aliphatic carbocycles. The molecule has 3 atom stereocenters. The fourth-order valence-electron chi connectivity index (χ4n) is 2.97. The SMILES string of the molecule is CC(NC1CCCC(C(C)C)C1)C(=O)NC1CC1. The lowest BCUT2D eigenvalue weighted by atomic mass is 9.79. The lowest BCUT2D eigenvalue weighted by Gasteiger charge is -2.33. The number of amides is 1. The largest absolute Gasteiger partial charge is 0.352 e. The summed E-state index contributed by atoms with van der Waals surface area (Å²) in [7, 11) is 0. The first-order valence-corrected chi connectivity index (χ1v) is 7.62. The van der Waals surface area contributed by atoms with Gasteiger partial charge in [0.2, 0.25) is 5.91 Å². The van der Waals surface area contributed by atoms with Gasteiger partial charge in [0, 0.05) is 12.1 Å². The Kier molecular flexibility index (Phi) is 4.66. The van der Waals surface area contributed by atoms with Crippen LogP contribution in [0.15, 0.2) is 0 Å². The van der Waals surface area contributed by atoms with Crippen molar-refractivity contribution >= 4 is 5.91 Å². The molecule has 2 aliphatic rings. The molecular weight excluding hydrogens is 224 g/mol. The highest BCUT2D eigenvalue weighted by atomic mass is 16.2. The zero-order valence-corrected chi connectivity index (χ0v) is 12.0. The highest BCUT2D eigenvalue weighted by Crippen LogP contribution is 2.30. The van der Waals surface area contributed by atoms with E-state index < -0.39 is 0 Å². The van der Waals surface area contributed by atoms with E-state index in [4.69, 9.17) is 0 Å². The van der Waals surface area contributed by atoms with Gasteiger partial charge in [-0.15, -0.1) is 0 Å². The molecule has 2 fully saturated rings. The second kappa shape index (κ2) is 6.05. The van der Waals surface area contributed by atoms with Gasteiger partial charge in [0.15, 0.2) is 0 Å². The maximum atomic E-state index is 11.9. The Balaban J connectivity index is 1.75. The topological polar surface area (TPSA) is 41.1 Å². The monoisotopic (exact) mass is 252 g/mol. The molecule has 0 spiro atoms. The van der Waals surface area contributed by atoms with Gasteiger partial charge in [-0.1, -0.05) is 26.7 Å². The van der Waals surface area contributed by atoms with Crippen LogP contribution in [-0.4, -0.2) is 24.0 Å². The molecule has 2 rings (SSSR count). The minimum atomic E-state index is -0.0403. The van der Waals surface area contributed by atoms with Crippen molar-refractivity contribution < 1.29 is 4.79 Å². The first kappa shape index (κ1) is 13.9. The third kappa shape index (κ3) is 3.98. The first-order chi connectivity index (χ1) is 8.56. The van der Waals surface area contributed by atoms with Gasteiger partial charge in [-0.3, -0.25) is 4.79 Å². The molecule has 104 valence electrons. The van der Waals surface area contributed by atoms with Crippen molar-refractivity contribution in [3.8, 4) is 0 Å². The van der Waals surface area contributed by atoms with Gasteiger partial charge < -0.3 is 10.6 Å². The third-order valence-corrected chi connectivity index (χ3v) is 4.46. The number of rotatable bonds is 5. The zero-order valence-electron chi connectivity index (χ0n) is 12.0. The Morgan fingerprint density at radius 1 is 1.06 bits per heavy atom. The Hall–Kier alpha value is -0.570. The first-order valence-electron chi connectivity index (χ1n) is 7.62. The lowest BCUT2D eigenvalue weighted by molar-refractivity contribution is -0.123. The van der Waals surface area contributed by atoms with E-state index in [-0.39, 0.29) is 11.9 Å². The van der Waals surface area contributed by atoms with E-state index in [2.05, 4.69) is 24.5 Å². The van der Waals surface area contributed by atoms with Gasteiger partial charge in [0.1, 0.15) is 0 Å². The number of carbonyl (C=O) groups is 1.